The quantitative estimate of drug-likeness (QED) is 0.281. The first-order chi connectivity index (χ1) is 12.2. The standard InChI is InChI=1S/C20H39N4OPS/c1-10-23(7)26(9,21)25-24(8)18-13-11-17(12-14-18)22-16(2)15-19(3,4)20(5,6)27/h11-14,22,26-27H,2,10,15,21H2,1,3-9H3. The van der Waals surface area contributed by atoms with Gasteiger partial charge in [0.25, 0.3) is 0 Å². The molecule has 3 N–H and O–H groups in total. The van der Waals surface area contributed by atoms with E-state index in [1.807, 2.05) is 45.0 Å². The number of rotatable bonds is 10. The van der Waals surface area contributed by atoms with Crippen LogP contribution in [0, 0.1) is 5.41 Å². The summed E-state index contributed by atoms with van der Waals surface area (Å²) in [5.74, 6) is 0. The molecule has 7 heteroatoms. The molecular formula is C20H39N4OPS. The minimum absolute atomic E-state index is 0.0235. The number of allylic oxidation sites excluding steroid dienone is 1. The fourth-order valence-corrected chi connectivity index (χ4v) is 3.97. The second-order valence-electron chi connectivity index (χ2n) is 8.55. The van der Waals surface area contributed by atoms with Crippen molar-refractivity contribution in [2.45, 2.75) is 45.8 Å². The summed E-state index contributed by atoms with van der Waals surface area (Å²) in [5.41, 5.74) is 9.33. The van der Waals surface area contributed by atoms with E-state index in [-0.39, 0.29) is 10.2 Å². The van der Waals surface area contributed by atoms with E-state index >= 15 is 0 Å². The number of hydroxylamine groups is 1. The summed E-state index contributed by atoms with van der Waals surface area (Å²) in [6, 6.07) is 8.08. The predicted octanol–water partition coefficient (Wildman–Crippen LogP) is 5.14. The third-order valence-electron chi connectivity index (χ3n) is 5.42. The van der Waals surface area contributed by atoms with Crippen LogP contribution in [-0.4, -0.2) is 36.7 Å². The summed E-state index contributed by atoms with van der Waals surface area (Å²) in [6.07, 6.45) is 0.842. The van der Waals surface area contributed by atoms with Gasteiger partial charge in [-0.05, 0) is 0 Å². The van der Waals surface area contributed by atoms with Crippen LogP contribution in [0.4, 0.5) is 11.4 Å². The second kappa shape index (κ2) is 9.15. The molecule has 0 unspecified atom stereocenters. The van der Waals surface area contributed by atoms with Crippen molar-refractivity contribution in [1.82, 2.24) is 4.67 Å². The van der Waals surface area contributed by atoms with Crippen LogP contribution in [0.25, 0.3) is 0 Å². The van der Waals surface area contributed by atoms with E-state index in [9.17, 15) is 0 Å². The van der Waals surface area contributed by atoms with Gasteiger partial charge in [0.2, 0.25) is 0 Å². The van der Waals surface area contributed by atoms with E-state index in [4.69, 9.17) is 22.8 Å². The van der Waals surface area contributed by atoms with Crippen molar-refractivity contribution in [1.29, 1.82) is 0 Å². The maximum absolute atomic E-state index is 6.37. The number of benzene rings is 1. The van der Waals surface area contributed by atoms with Gasteiger partial charge in [-0.3, -0.25) is 0 Å². The van der Waals surface area contributed by atoms with Crippen LogP contribution in [0.15, 0.2) is 36.5 Å². The van der Waals surface area contributed by atoms with Gasteiger partial charge in [0.05, 0.1) is 0 Å². The first-order valence-electron chi connectivity index (χ1n) is 9.40. The Morgan fingerprint density at radius 3 is 2.19 bits per heavy atom. The molecule has 1 aromatic rings. The Morgan fingerprint density at radius 2 is 1.74 bits per heavy atom. The zero-order chi connectivity index (χ0) is 21.0. The third kappa shape index (κ3) is 6.95. The van der Waals surface area contributed by atoms with Crippen molar-refractivity contribution in [3.8, 4) is 0 Å². The average Bonchev–Trinajstić information content (AvgIpc) is 2.52. The number of anilines is 2. The molecule has 0 spiro atoms. The number of nitrogens with two attached hydrogens (primary N) is 1. The summed E-state index contributed by atoms with van der Waals surface area (Å²) < 4.78 is 8.02. The maximum atomic E-state index is 6.37. The summed E-state index contributed by atoms with van der Waals surface area (Å²) in [4.78, 5) is 0. The summed E-state index contributed by atoms with van der Waals surface area (Å²) in [5, 5.41) is 5.15. The zero-order valence-corrected chi connectivity index (χ0v) is 20.2. The normalized spacial score (nSPS) is 13.6. The molecule has 0 aliphatic rings. The van der Waals surface area contributed by atoms with Gasteiger partial charge < -0.3 is 0 Å². The Labute approximate surface area is 172 Å². The average molecular weight is 415 g/mol. The van der Waals surface area contributed by atoms with E-state index in [0.717, 1.165) is 30.0 Å². The fourth-order valence-electron chi connectivity index (χ4n) is 2.47. The van der Waals surface area contributed by atoms with Crippen LogP contribution < -0.4 is 15.9 Å². The Balaban J connectivity index is 2.72. The number of nitrogens with one attached hydrogen (secondary N) is 1. The van der Waals surface area contributed by atoms with E-state index in [1.165, 1.54) is 0 Å². The SMILES string of the molecule is C=C(CC(C)(C)C(C)(C)S)Nc1ccc(N(C)O[PH](C)(N)N(C)CC)cc1. The van der Waals surface area contributed by atoms with Gasteiger partial charge in [0.1, 0.15) is 0 Å². The molecule has 0 atom stereocenters. The molecule has 1 rings (SSSR count). The molecule has 0 bridgehead atoms. The molecule has 0 saturated heterocycles. The molecule has 156 valence electrons. The van der Waals surface area contributed by atoms with Crippen LogP contribution in [0.5, 0.6) is 0 Å². The van der Waals surface area contributed by atoms with Gasteiger partial charge in [-0.2, -0.15) is 0 Å². The molecule has 0 aliphatic heterocycles. The minimum atomic E-state index is -2.41. The van der Waals surface area contributed by atoms with Gasteiger partial charge >= 0.3 is 172 Å². The number of thiol groups is 1. The summed E-state index contributed by atoms with van der Waals surface area (Å²) in [7, 11) is 1.47. The first kappa shape index (κ1) is 24.3. The summed E-state index contributed by atoms with van der Waals surface area (Å²) >= 11 is 4.73. The topological polar surface area (TPSA) is 53.8 Å². The van der Waals surface area contributed by atoms with Gasteiger partial charge in [-0.25, -0.2) is 0 Å². The predicted molar refractivity (Wildman–Crippen MR) is 127 cm³/mol. The van der Waals surface area contributed by atoms with Crippen molar-refractivity contribution >= 4 is 31.8 Å². The van der Waals surface area contributed by atoms with Crippen molar-refractivity contribution in [3.05, 3.63) is 36.5 Å². The molecule has 0 radical (unpaired) electrons. The van der Waals surface area contributed by atoms with E-state index < -0.39 is 7.79 Å². The molecule has 0 heterocycles. The first-order valence-corrected chi connectivity index (χ1v) is 12.3. The molecule has 27 heavy (non-hydrogen) atoms. The summed E-state index contributed by atoms with van der Waals surface area (Å²) in [6.45, 7) is 17.8. The fraction of sp³-hybridized carbons (Fsp3) is 0.600. The zero-order valence-electron chi connectivity index (χ0n) is 18.3. The van der Waals surface area contributed by atoms with Crippen molar-refractivity contribution in [2.75, 3.05) is 37.7 Å². The van der Waals surface area contributed by atoms with Crippen molar-refractivity contribution in [3.63, 3.8) is 0 Å². The molecule has 0 aromatic heterocycles. The third-order valence-corrected chi connectivity index (χ3v) is 8.50. The molecule has 0 saturated carbocycles. The van der Waals surface area contributed by atoms with Gasteiger partial charge in [0.15, 0.2) is 0 Å². The van der Waals surface area contributed by atoms with Crippen LogP contribution in [0.2, 0.25) is 0 Å². The van der Waals surface area contributed by atoms with Gasteiger partial charge in [0, 0.05) is 0 Å². The monoisotopic (exact) mass is 414 g/mol. The van der Waals surface area contributed by atoms with Gasteiger partial charge in [-0.15, -0.1) is 0 Å². The molecule has 0 aliphatic carbocycles. The number of hydrogen-bond donors (Lipinski definition) is 3. The Hall–Kier alpha value is -0.780. The van der Waals surface area contributed by atoms with E-state index in [1.54, 1.807) is 5.06 Å². The van der Waals surface area contributed by atoms with Crippen molar-refractivity contribution in [2.24, 2.45) is 10.9 Å². The van der Waals surface area contributed by atoms with Crippen molar-refractivity contribution < 1.29 is 4.62 Å². The molecular weight excluding hydrogens is 375 g/mol. The molecule has 0 fully saturated rings. The Bertz CT molecular complexity index is 626. The van der Waals surface area contributed by atoms with Crippen LogP contribution in [0.1, 0.15) is 41.0 Å². The van der Waals surface area contributed by atoms with Gasteiger partial charge in [-0.1, -0.05) is 0 Å². The van der Waals surface area contributed by atoms with Crippen LogP contribution in [0.3, 0.4) is 0 Å². The Morgan fingerprint density at radius 1 is 1.22 bits per heavy atom. The molecule has 1 aromatic carbocycles. The number of hydrogen-bond acceptors (Lipinski definition) is 6. The van der Waals surface area contributed by atoms with E-state index in [2.05, 4.69) is 51.2 Å². The van der Waals surface area contributed by atoms with Crippen LogP contribution in [-0.2, 0) is 4.62 Å². The van der Waals surface area contributed by atoms with Crippen LogP contribution >= 0.6 is 20.4 Å². The molecule has 5 nitrogen and oxygen atoms in total. The van der Waals surface area contributed by atoms with E-state index in [0.29, 0.717) is 0 Å². The second-order valence-corrected chi connectivity index (χ2v) is 12.7. The molecule has 0 amide bonds. The Kier molecular flexibility index (Phi) is 8.22. The number of nitrogens with zero attached hydrogens (tertiary/aromatic N) is 2.